The van der Waals surface area contributed by atoms with Crippen molar-refractivity contribution < 1.29 is 9.18 Å². The van der Waals surface area contributed by atoms with Crippen LogP contribution in [0.2, 0.25) is 0 Å². The van der Waals surface area contributed by atoms with Gasteiger partial charge in [0.1, 0.15) is 6.17 Å². The zero-order valence-corrected chi connectivity index (χ0v) is 9.79. The third-order valence-electron chi connectivity index (χ3n) is 2.91. The Labute approximate surface area is 91.0 Å². The number of likely N-dealkylation sites (tertiary alicyclic amines) is 1. The Kier molecular flexibility index (Phi) is 4.51. The van der Waals surface area contributed by atoms with Crippen molar-refractivity contribution in [1.29, 1.82) is 0 Å². The van der Waals surface area contributed by atoms with Crippen LogP contribution in [0.25, 0.3) is 0 Å². The Morgan fingerprint density at radius 3 is 2.73 bits per heavy atom. The molecule has 1 saturated heterocycles. The van der Waals surface area contributed by atoms with Crippen LogP contribution in [0, 0.1) is 5.92 Å². The van der Waals surface area contributed by atoms with E-state index in [1.54, 1.807) is 4.90 Å². The fraction of sp³-hybridized carbons (Fsp3) is 0.909. The minimum absolute atomic E-state index is 0.0204. The van der Waals surface area contributed by atoms with E-state index >= 15 is 0 Å². The van der Waals surface area contributed by atoms with Gasteiger partial charge in [0.05, 0.1) is 6.54 Å². The molecule has 3 nitrogen and oxygen atoms in total. The second-order valence-electron chi connectivity index (χ2n) is 4.59. The van der Waals surface area contributed by atoms with Gasteiger partial charge in [0, 0.05) is 32.0 Å². The van der Waals surface area contributed by atoms with Gasteiger partial charge in [0.2, 0.25) is 5.91 Å². The summed E-state index contributed by atoms with van der Waals surface area (Å²) in [7, 11) is 0. The van der Waals surface area contributed by atoms with Crippen molar-refractivity contribution in [3.63, 3.8) is 0 Å². The first-order chi connectivity index (χ1) is 7.00. The smallest absolute Gasteiger partial charge is 0.219 e. The number of nitrogens with zero attached hydrogens (tertiary/aromatic N) is 1. The maximum atomic E-state index is 13.7. The Morgan fingerprint density at radius 2 is 2.27 bits per heavy atom. The molecular weight excluding hydrogens is 195 g/mol. The molecule has 2 atom stereocenters. The summed E-state index contributed by atoms with van der Waals surface area (Å²) in [6, 6.07) is 0.392. The Morgan fingerprint density at radius 1 is 1.60 bits per heavy atom. The van der Waals surface area contributed by atoms with Gasteiger partial charge in [-0.1, -0.05) is 13.8 Å². The number of nitrogens with one attached hydrogen (secondary N) is 1. The highest BCUT2D eigenvalue weighted by molar-refractivity contribution is 5.73. The van der Waals surface area contributed by atoms with E-state index in [9.17, 15) is 9.18 Å². The maximum Gasteiger partial charge on any atom is 0.219 e. The first kappa shape index (κ1) is 12.4. The highest BCUT2D eigenvalue weighted by atomic mass is 19.1. The standard InChI is InChI=1S/C11H21FN2O/c1-8(2)13-6-10-4-5-14(9(3)15)7-11(10)12/h8,10-11,13H,4-7H2,1-3H3. The number of alkyl halides is 1. The van der Waals surface area contributed by atoms with Gasteiger partial charge < -0.3 is 10.2 Å². The number of hydrogen-bond donors (Lipinski definition) is 1. The number of carbonyl (C=O) groups is 1. The molecule has 1 aliphatic heterocycles. The zero-order chi connectivity index (χ0) is 11.4. The van der Waals surface area contributed by atoms with Gasteiger partial charge in [-0.15, -0.1) is 0 Å². The van der Waals surface area contributed by atoms with Gasteiger partial charge in [0.15, 0.2) is 0 Å². The van der Waals surface area contributed by atoms with Crippen LogP contribution in [-0.2, 0) is 4.79 Å². The van der Waals surface area contributed by atoms with E-state index in [1.165, 1.54) is 6.92 Å². The molecule has 88 valence electrons. The minimum Gasteiger partial charge on any atom is -0.340 e. The van der Waals surface area contributed by atoms with E-state index in [-0.39, 0.29) is 18.4 Å². The van der Waals surface area contributed by atoms with Gasteiger partial charge in [-0.25, -0.2) is 4.39 Å². The van der Waals surface area contributed by atoms with Crippen molar-refractivity contribution in [3.05, 3.63) is 0 Å². The number of halogens is 1. The highest BCUT2D eigenvalue weighted by Gasteiger charge is 2.29. The zero-order valence-electron chi connectivity index (χ0n) is 9.79. The lowest BCUT2D eigenvalue weighted by Crippen LogP contribution is -2.47. The molecule has 1 heterocycles. The van der Waals surface area contributed by atoms with E-state index in [0.717, 1.165) is 6.42 Å². The van der Waals surface area contributed by atoms with Crippen LogP contribution in [-0.4, -0.2) is 42.7 Å². The van der Waals surface area contributed by atoms with Gasteiger partial charge in [-0.2, -0.15) is 0 Å². The lowest BCUT2D eigenvalue weighted by atomic mass is 9.94. The van der Waals surface area contributed by atoms with Crippen molar-refractivity contribution in [2.24, 2.45) is 5.92 Å². The SMILES string of the molecule is CC(=O)N1CCC(CNC(C)C)C(F)C1. The van der Waals surface area contributed by atoms with Crippen molar-refractivity contribution >= 4 is 5.91 Å². The van der Waals surface area contributed by atoms with Crippen LogP contribution in [0.1, 0.15) is 27.2 Å². The first-order valence-corrected chi connectivity index (χ1v) is 5.63. The molecule has 0 radical (unpaired) electrons. The predicted octanol–water partition coefficient (Wildman–Crippen LogP) is 1.19. The quantitative estimate of drug-likeness (QED) is 0.768. The van der Waals surface area contributed by atoms with E-state index in [4.69, 9.17) is 0 Å². The number of carbonyl (C=O) groups excluding carboxylic acids is 1. The average Bonchev–Trinajstić information content (AvgIpc) is 2.15. The molecule has 0 bridgehead atoms. The molecule has 0 aromatic carbocycles. The molecular formula is C11H21FN2O. The van der Waals surface area contributed by atoms with Crippen molar-refractivity contribution in [1.82, 2.24) is 10.2 Å². The summed E-state index contributed by atoms with van der Waals surface area (Å²) in [5, 5.41) is 3.25. The molecule has 0 aromatic rings. The molecule has 1 N–H and O–H groups in total. The third kappa shape index (κ3) is 3.78. The topological polar surface area (TPSA) is 32.3 Å². The predicted molar refractivity (Wildman–Crippen MR) is 58.4 cm³/mol. The Hall–Kier alpha value is -0.640. The van der Waals surface area contributed by atoms with Crippen LogP contribution in [0.4, 0.5) is 4.39 Å². The van der Waals surface area contributed by atoms with Gasteiger partial charge >= 0.3 is 0 Å². The Bertz CT molecular complexity index is 221. The van der Waals surface area contributed by atoms with Crippen LogP contribution >= 0.6 is 0 Å². The Balaban J connectivity index is 2.35. The molecule has 0 aliphatic carbocycles. The summed E-state index contributed by atoms with van der Waals surface area (Å²) in [5.74, 6) is 0.0379. The van der Waals surface area contributed by atoms with Crippen LogP contribution in [0.5, 0.6) is 0 Å². The van der Waals surface area contributed by atoms with Crippen LogP contribution in [0.3, 0.4) is 0 Å². The van der Waals surface area contributed by atoms with Crippen molar-refractivity contribution in [2.45, 2.75) is 39.4 Å². The third-order valence-corrected chi connectivity index (χ3v) is 2.91. The highest BCUT2D eigenvalue weighted by Crippen LogP contribution is 2.20. The largest absolute Gasteiger partial charge is 0.340 e. The molecule has 4 heteroatoms. The molecule has 1 amide bonds. The fourth-order valence-corrected chi connectivity index (χ4v) is 1.86. The molecule has 15 heavy (non-hydrogen) atoms. The normalized spacial score (nSPS) is 27.1. The molecule has 1 aliphatic rings. The number of piperidine rings is 1. The molecule has 0 saturated carbocycles. The fourth-order valence-electron chi connectivity index (χ4n) is 1.86. The molecule has 2 unspecified atom stereocenters. The minimum atomic E-state index is -0.881. The van der Waals surface area contributed by atoms with Gasteiger partial charge in [-0.3, -0.25) is 4.79 Å². The van der Waals surface area contributed by atoms with Gasteiger partial charge in [-0.05, 0) is 6.42 Å². The van der Waals surface area contributed by atoms with E-state index in [1.807, 2.05) is 0 Å². The lowest BCUT2D eigenvalue weighted by Gasteiger charge is -2.34. The monoisotopic (exact) mass is 216 g/mol. The molecule has 1 fully saturated rings. The van der Waals surface area contributed by atoms with E-state index in [0.29, 0.717) is 19.1 Å². The van der Waals surface area contributed by atoms with Crippen LogP contribution in [0.15, 0.2) is 0 Å². The van der Waals surface area contributed by atoms with Gasteiger partial charge in [0.25, 0.3) is 0 Å². The molecule has 1 rings (SSSR count). The van der Waals surface area contributed by atoms with Crippen molar-refractivity contribution in [3.8, 4) is 0 Å². The first-order valence-electron chi connectivity index (χ1n) is 5.63. The summed E-state index contributed by atoms with van der Waals surface area (Å²) in [5.41, 5.74) is 0. The maximum absolute atomic E-state index is 13.7. The summed E-state index contributed by atoms with van der Waals surface area (Å²) in [4.78, 5) is 12.7. The summed E-state index contributed by atoms with van der Waals surface area (Å²) in [6.07, 6.45) is -0.116. The number of amides is 1. The molecule has 0 spiro atoms. The second kappa shape index (κ2) is 5.45. The lowest BCUT2D eigenvalue weighted by molar-refractivity contribution is -0.131. The summed E-state index contributed by atoms with van der Waals surface area (Å²) >= 11 is 0. The van der Waals surface area contributed by atoms with E-state index in [2.05, 4.69) is 19.2 Å². The van der Waals surface area contributed by atoms with Crippen molar-refractivity contribution in [2.75, 3.05) is 19.6 Å². The number of hydrogen-bond acceptors (Lipinski definition) is 2. The van der Waals surface area contributed by atoms with E-state index < -0.39 is 6.17 Å². The van der Waals surface area contributed by atoms with Crippen LogP contribution < -0.4 is 5.32 Å². The summed E-state index contributed by atoms with van der Waals surface area (Å²) in [6.45, 7) is 7.28. The summed E-state index contributed by atoms with van der Waals surface area (Å²) < 4.78 is 13.7. The average molecular weight is 216 g/mol. The second-order valence-corrected chi connectivity index (χ2v) is 4.59. The molecule has 0 aromatic heterocycles. The number of rotatable bonds is 3.